The van der Waals surface area contributed by atoms with Crippen LogP contribution in [0.15, 0.2) is 24.3 Å². The molecule has 16 heavy (non-hydrogen) atoms. The lowest BCUT2D eigenvalue weighted by Crippen LogP contribution is -2.41. The van der Waals surface area contributed by atoms with E-state index in [0.29, 0.717) is 12.0 Å². The first kappa shape index (κ1) is 10.3. The van der Waals surface area contributed by atoms with Crippen molar-refractivity contribution in [3.05, 3.63) is 35.6 Å². The van der Waals surface area contributed by atoms with Crippen molar-refractivity contribution in [2.75, 3.05) is 0 Å². The van der Waals surface area contributed by atoms with Crippen LogP contribution in [0.5, 0.6) is 0 Å². The van der Waals surface area contributed by atoms with Crippen LogP contribution < -0.4 is 5.32 Å². The molecule has 2 fully saturated rings. The number of benzene rings is 1. The molecular formula is C14H18FN. The van der Waals surface area contributed by atoms with E-state index >= 15 is 0 Å². The van der Waals surface area contributed by atoms with Crippen molar-refractivity contribution < 1.29 is 4.39 Å². The molecule has 1 aromatic carbocycles. The Balaban J connectivity index is 1.53. The Morgan fingerprint density at radius 1 is 1.25 bits per heavy atom. The topological polar surface area (TPSA) is 12.0 Å². The predicted octanol–water partition coefficient (Wildman–Crippen LogP) is 3.07. The van der Waals surface area contributed by atoms with Gasteiger partial charge in [-0.2, -0.15) is 0 Å². The van der Waals surface area contributed by atoms with E-state index in [1.807, 2.05) is 12.1 Å². The lowest BCUT2D eigenvalue weighted by Gasteiger charge is -2.36. The van der Waals surface area contributed by atoms with Crippen molar-refractivity contribution in [2.45, 2.75) is 44.2 Å². The second-order valence-corrected chi connectivity index (χ2v) is 5.41. The molecule has 0 saturated heterocycles. The molecule has 2 aliphatic carbocycles. The zero-order valence-electron chi connectivity index (χ0n) is 9.62. The van der Waals surface area contributed by atoms with Crippen LogP contribution in [0, 0.1) is 11.7 Å². The number of nitrogens with one attached hydrogen (secondary N) is 1. The molecule has 0 radical (unpaired) electrons. The summed E-state index contributed by atoms with van der Waals surface area (Å²) in [6.45, 7) is 2.29. The second kappa shape index (κ2) is 3.85. The summed E-state index contributed by atoms with van der Waals surface area (Å²) in [5.74, 6) is 1.33. The number of halogens is 1. The first-order valence-corrected chi connectivity index (χ1v) is 6.24. The standard InChI is InChI=1S/C14H18FN/c1-9-5-14(9)16-13-7-11(8-13)10-3-2-4-12(15)6-10/h2-4,6,9,11,13-14,16H,5,7-8H2,1H3. The smallest absolute Gasteiger partial charge is 0.123 e. The fraction of sp³-hybridized carbons (Fsp3) is 0.571. The van der Waals surface area contributed by atoms with Gasteiger partial charge in [-0.1, -0.05) is 19.1 Å². The lowest BCUT2D eigenvalue weighted by molar-refractivity contribution is 0.285. The highest BCUT2D eigenvalue weighted by Crippen LogP contribution is 2.39. The molecule has 1 aromatic rings. The van der Waals surface area contributed by atoms with Gasteiger partial charge in [-0.05, 0) is 48.8 Å². The van der Waals surface area contributed by atoms with E-state index in [9.17, 15) is 4.39 Å². The predicted molar refractivity (Wildman–Crippen MR) is 62.9 cm³/mol. The highest BCUT2D eigenvalue weighted by Gasteiger charge is 2.38. The summed E-state index contributed by atoms with van der Waals surface area (Å²) in [5.41, 5.74) is 1.17. The Labute approximate surface area is 96.1 Å². The van der Waals surface area contributed by atoms with Gasteiger partial charge in [-0.15, -0.1) is 0 Å². The molecule has 0 heterocycles. The average molecular weight is 219 g/mol. The number of rotatable bonds is 3. The summed E-state index contributed by atoms with van der Waals surface area (Å²) in [6, 6.07) is 8.49. The van der Waals surface area contributed by atoms with Gasteiger partial charge in [0, 0.05) is 12.1 Å². The van der Waals surface area contributed by atoms with Gasteiger partial charge in [-0.3, -0.25) is 0 Å². The summed E-state index contributed by atoms with van der Waals surface area (Å²) >= 11 is 0. The Kier molecular flexibility index (Phi) is 2.47. The van der Waals surface area contributed by atoms with E-state index in [-0.39, 0.29) is 5.82 Å². The molecule has 86 valence electrons. The maximum Gasteiger partial charge on any atom is 0.123 e. The van der Waals surface area contributed by atoms with Crippen LogP contribution in [0.3, 0.4) is 0 Å². The Bertz CT molecular complexity index is 384. The van der Waals surface area contributed by atoms with Gasteiger partial charge in [0.1, 0.15) is 5.82 Å². The average Bonchev–Trinajstić information content (AvgIpc) is 2.87. The third-order valence-electron chi connectivity index (χ3n) is 4.02. The highest BCUT2D eigenvalue weighted by atomic mass is 19.1. The van der Waals surface area contributed by atoms with Crippen molar-refractivity contribution in [3.8, 4) is 0 Å². The molecule has 0 spiro atoms. The number of hydrogen-bond acceptors (Lipinski definition) is 1. The van der Waals surface area contributed by atoms with E-state index in [4.69, 9.17) is 0 Å². The number of hydrogen-bond donors (Lipinski definition) is 1. The molecule has 0 amide bonds. The molecule has 2 atom stereocenters. The van der Waals surface area contributed by atoms with Crippen LogP contribution >= 0.6 is 0 Å². The summed E-state index contributed by atoms with van der Waals surface area (Å²) < 4.78 is 13.0. The van der Waals surface area contributed by atoms with Gasteiger partial charge in [-0.25, -0.2) is 4.39 Å². The molecule has 0 aliphatic heterocycles. The molecule has 1 N–H and O–H groups in total. The SMILES string of the molecule is CC1CC1NC1CC(c2cccc(F)c2)C1. The van der Waals surface area contributed by atoms with E-state index in [0.717, 1.165) is 12.0 Å². The minimum Gasteiger partial charge on any atom is -0.311 e. The van der Waals surface area contributed by atoms with Gasteiger partial charge in [0.15, 0.2) is 0 Å². The van der Waals surface area contributed by atoms with E-state index < -0.39 is 0 Å². The van der Waals surface area contributed by atoms with Crippen LogP contribution in [0.25, 0.3) is 0 Å². The largest absolute Gasteiger partial charge is 0.311 e. The molecule has 1 nitrogen and oxygen atoms in total. The molecule has 2 aliphatic rings. The normalized spacial score (nSPS) is 36.9. The van der Waals surface area contributed by atoms with E-state index in [1.54, 1.807) is 6.07 Å². The van der Waals surface area contributed by atoms with Crippen LogP contribution in [0.1, 0.15) is 37.7 Å². The third-order valence-corrected chi connectivity index (χ3v) is 4.02. The van der Waals surface area contributed by atoms with Gasteiger partial charge in [0.2, 0.25) is 0 Å². The minimum absolute atomic E-state index is 0.107. The lowest BCUT2D eigenvalue weighted by atomic mass is 9.76. The maximum atomic E-state index is 13.0. The molecule has 0 bridgehead atoms. The monoisotopic (exact) mass is 219 g/mol. The van der Waals surface area contributed by atoms with E-state index in [2.05, 4.69) is 12.2 Å². The van der Waals surface area contributed by atoms with Gasteiger partial charge in [0.05, 0.1) is 0 Å². The zero-order valence-corrected chi connectivity index (χ0v) is 9.62. The van der Waals surface area contributed by atoms with Crippen molar-refractivity contribution >= 4 is 0 Å². The Morgan fingerprint density at radius 2 is 2.00 bits per heavy atom. The summed E-state index contributed by atoms with van der Waals surface area (Å²) in [7, 11) is 0. The Hall–Kier alpha value is -0.890. The Morgan fingerprint density at radius 3 is 2.62 bits per heavy atom. The van der Waals surface area contributed by atoms with Crippen molar-refractivity contribution in [1.82, 2.24) is 5.32 Å². The van der Waals surface area contributed by atoms with Crippen LogP contribution in [-0.4, -0.2) is 12.1 Å². The zero-order chi connectivity index (χ0) is 11.1. The van der Waals surface area contributed by atoms with Gasteiger partial charge < -0.3 is 5.32 Å². The van der Waals surface area contributed by atoms with Crippen LogP contribution in [0.2, 0.25) is 0 Å². The summed E-state index contributed by atoms with van der Waals surface area (Å²) in [6.07, 6.45) is 3.68. The fourth-order valence-electron chi connectivity index (χ4n) is 2.64. The maximum absolute atomic E-state index is 13.0. The van der Waals surface area contributed by atoms with Crippen molar-refractivity contribution in [3.63, 3.8) is 0 Å². The van der Waals surface area contributed by atoms with Crippen LogP contribution in [0.4, 0.5) is 4.39 Å². The second-order valence-electron chi connectivity index (χ2n) is 5.41. The van der Waals surface area contributed by atoms with Gasteiger partial charge >= 0.3 is 0 Å². The summed E-state index contributed by atoms with van der Waals surface area (Å²) in [4.78, 5) is 0. The van der Waals surface area contributed by atoms with Crippen molar-refractivity contribution in [1.29, 1.82) is 0 Å². The minimum atomic E-state index is -0.107. The van der Waals surface area contributed by atoms with Crippen molar-refractivity contribution in [2.24, 2.45) is 5.92 Å². The highest BCUT2D eigenvalue weighted by molar-refractivity contribution is 5.24. The van der Waals surface area contributed by atoms with Crippen LogP contribution in [-0.2, 0) is 0 Å². The van der Waals surface area contributed by atoms with Gasteiger partial charge in [0.25, 0.3) is 0 Å². The molecule has 2 unspecified atom stereocenters. The fourth-order valence-corrected chi connectivity index (χ4v) is 2.64. The van der Waals surface area contributed by atoms with E-state index in [1.165, 1.54) is 30.9 Å². The molecule has 0 aromatic heterocycles. The first-order chi connectivity index (χ1) is 7.72. The third kappa shape index (κ3) is 1.99. The first-order valence-electron chi connectivity index (χ1n) is 6.24. The quantitative estimate of drug-likeness (QED) is 0.823. The molecule has 2 saturated carbocycles. The molecular weight excluding hydrogens is 201 g/mol. The summed E-state index contributed by atoms with van der Waals surface area (Å²) in [5, 5.41) is 3.66. The molecule has 2 heteroatoms. The molecule has 3 rings (SSSR count).